The van der Waals surface area contributed by atoms with Crippen molar-refractivity contribution >= 4 is 11.3 Å². The third-order valence-electron chi connectivity index (χ3n) is 2.85. The summed E-state index contributed by atoms with van der Waals surface area (Å²) in [4.78, 5) is 0.901. The lowest BCUT2D eigenvalue weighted by atomic mass is 10.1. The fraction of sp³-hybridized carbons (Fsp3) is 0.286. The summed E-state index contributed by atoms with van der Waals surface area (Å²) < 4.78 is 32.4. The van der Waals surface area contributed by atoms with Crippen LogP contribution in [0.5, 0.6) is 5.75 Å². The molecule has 1 heterocycles. The van der Waals surface area contributed by atoms with Crippen LogP contribution in [-0.2, 0) is 0 Å². The molecule has 0 spiro atoms. The van der Waals surface area contributed by atoms with E-state index in [1.807, 2.05) is 24.4 Å². The van der Waals surface area contributed by atoms with Crippen molar-refractivity contribution in [2.75, 3.05) is 0 Å². The zero-order chi connectivity index (χ0) is 13.8. The first-order valence-corrected chi connectivity index (χ1v) is 6.91. The van der Waals surface area contributed by atoms with Gasteiger partial charge in [-0.15, -0.1) is 11.3 Å². The molecular formula is C14H15F2NOS. The van der Waals surface area contributed by atoms with Crippen molar-refractivity contribution in [3.05, 3.63) is 52.2 Å². The largest absolute Gasteiger partial charge is 0.480 e. The van der Waals surface area contributed by atoms with E-state index in [2.05, 4.69) is 0 Å². The summed E-state index contributed by atoms with van der Waals surface area (Å²) in [5, 5.41) is 1.90. The predicted molar refractivity (Wildman–Crippen MR) is 72.3 cm³/mol. The van der Waals surface area contributed by atoms with E-state index in [0.717, 1.165) is 10.9 Å². The first-order chi connectivity index (χ1) is 9.13. The number of benzene rings is 1. The Labute approximate surface area is 114 Å². The van der Waals surface area contributed by atoms with Crippen molar-refractivity contribution in [1.29, 1.82) is 0 Å². The molecule has 2 rings (SSSR count). The summed E-state index contributed by atoms with van der Waals surface area (Å²) in [7, 11) is 0. The molecule has 0 saturated heterocycles. The molecule has 2 atom stereocenters. The number of hydrogen-bond acceptors (Lipinski definition) is 3. The molecule has 2 unspecified atom stereocenters. The predicted octanol–water partition coefficient (Wildman–Crippen LogP) is 3.88. The maximum atomic E-state index is 13.6. The standard InChI is InChI=1S/C14H15F2NOS/c1-2-10(17)14(12-7-4-8-19-12)18-11-6-3-5-9(15)13(11)16/h3-8,10,14H,2,17H2,1H3. The Morgan fingerprint density at radius 2 is 2.05 bits per heavy atom. The molecule has 2 nitrogen and oxygen atoms in total. The average molecular weight is 283 g/mol. The Kier molecular flexibility index (Phi) is 4.50. The Balaban J connectivity index is 2.28. The SMILES string of the molecule is CCC(N)C(Oc1cccc(F)c1F)c1cccs1. The van der Waals surface area contributed by atoms with Gasteiger partial charge >= 0.3 is 0 Å². The fourth-order valence-electron chi connectivity index (χ4n) is 1.74. The van der Waals surface area contributed by atoms with E-state index in [-0.39, 0.29) is 11.8 Å². The zero-order valence-corrected chi connectivity index (χ0v) is 11.3. The van der Waals surface area contributed by atoms with Crippen LogP contribution >= 0.6 is 11.3 Å². The van der Waals surface area contributed by atoms with Crippen LogP contribution in [0.4, 0.5) is 8.78 Å². The highest BCUT2D eigenvalue weighted by atomic mass is 32.1. The fourth-order valence-corrected chi connectivity index (χ4v) is 2.56. The Morgan fingerprint density at radius 1 is 1.26 bits per heavy atom. The monoisotopic (exact) mass is 283 g/mol. The van der Waals surface area contributed by atoms with Crippen molar-refractivity contribution < 1.29 is 13.5 Å². The number of hydrogen-bond donors (Lipinski definition) is 1. The highest BCUT2D eigenvalue weighted by Gasteiger charge is 2.23. The van der Waals surface area contributed by atoms with Gasteiger partial charge in [-0.25, -0.2) is 4.39 Å². The first-order valence-electron chi connectivity index (χ1n) is 6.03. The van der Waals surface area contributed by atoms with Crippen LogP contribution < -0.4 is 10.5 Å². The van der Waals surface area contributed by atoms with E-state index >= 15 is 0 Å². The van der Waals surface area contributed by atoms with Crippen LogP contribution in [-0.4, -0.2) is 6.04 Å². The van der Waals surface area contributed by atoms with Gasteiger partial charge in [-0.3, -0.25) is 0 Å². The molecular weight excluding hydrogens is 268 g/mol. The maximum absolute atomic E-state index is 13.6. The molecule has 0 bridgehead atoms. The lowest BCUT2D eigenvalue weighted by Gasteiger charge is -2.23. The van der Waals surface area contributed by atoms with Gasteiger partial charge in [-0.05, 0) is 30.0 Å². The molecule has 2 aromatic rings. The maximum Gasteiger partial charge on any atom is 0.200 e. The quantitative estimate of drug-likeness (QED) is 0.903. The van der Waals surface area contributed by atoms with Gasteiger partial charge in [0.2, 0.25) is 5.82 Å². The van der Waals surface area contributed by atoms with Crippen LogP contribution in [0.25, 0.3) is 0 Å². The highest BCUT2D eigenvalue weighted by Crippen LogP contribution is 2.30. The summed E-state index contributed by atoms with van der Waals surface area (Å²) in [6.45, 7) is 1.93. The van der Waals surface area contributed by atoms with Crippen LogP contribution in [0.15, 0.2) is 35.7 Å². The second-order valence-corrected chi connectivity index (χ2v) is 5.16. The molecule has 1 aromatic heterocycles. The second kappa shape index (κ2) is 6.12. The summed E-state index contributed by atoms with van der Waals surface area (Å²) in [6.07, 6.45) is 0.209. The summed E-state index contributed by atoms with van der Waals surface area (Å²) in [5.41, 5.74) is 6.01. The van der Waals surface area contributed by atoms with Crippen molar-refractivity contribution in [2.45, 2.75) is 25.5 Å². The Hall–Kier alpha value is -1.46. The van der Waals surface area contributed by atoms with Crippen molar-refractivity contribution in [3.63, 3.8) is 0 Å². The number of thiophene rings is 1. The van der Waals surface area contributed by atoms with Crippen LogP contribution in [0.1, 0.15) is 24.3 Å². The summed E-state index contributed by atoms with van der Waals surface area (Å²) in [6, 6.07) is 7.35. The minimum Gasteiger partial charge on any atom is -0.480 e. The number of rotatable bonds is 5. The molecule has 1 aromatic carbocycles. The van der Waals surface area contributed by atoms with Gasteiger partial charge in [0.25, 0.3) is 0 Å². The van der Waals surface area contributed by atoms with E-state index in [9.17, 15) is 8.78 Å². The minimum atomic E-state index is -0.979. The first kappa shape index (κ1) is 14.0. The molecule has 5 heteroatoms. The molecule has 102 valence electrons. The van der Waals surface area contributed by atoms with Crippen molar-refractivity contribution in [2.24, 2.45) is 5.73 Å². The van der Waals surface area contributed by atoms with Crippen molar-refractivity contribution in [1.82, 2.24) is 0 Å². The van der Waals surface area contributed by atoms with Gasteiger partial charge in [0.15, 0.2) is 11.6 Å². The molecule has 19 heavy (non-hydrogen) atoms. The van der Waals surface area contributed by atoms with Gasteiger partial charge < -0.3 is 10.5 Å². The number of nitrogens with two attached hydrogens (primary N) is 1. The van der Waals surface area contributed by atoms with Gasteiger partial charge in [0.05, 0.1) is 0 Å². The number of ether oxygens (including phenoxy) is 1. The minimum absolute atomic E-state index is 0.109. The topological polar surface area (TPSA) is 35.2 Å². The zero-order valence-electron chi connectivity index (χ0n) is 10.5. The summed E-state index contributed by atoms with van der Waals surface area (Å²) in [5.74, 6) is -2.01. The molecule has 0 aliphatic carbocycles. The van der Waals surface area contributed by atoms with Gasteiger partial charge in [-0.1, -0.05) is 19.1 Å². The van der Waals surface area contributed by atoms with E-state index in [1.54, 1.807) is 0 Å². The molecule has 0 amide bonds. The molecule has 0 fully saturated rings. The molecule has 0 radical (unpaired) electrons. The lowest BCUT2D eigenvalue weighted by Crippen LogP contribution is -2.31. The van der Waals surface area contributed by atoms with Gasteiger partial charge in [0.1, 0.15) is 6.10 Å². The van der Waals surface area contributed by atoms with Crippen LogP contribution in [0.2, 0.25) is 0 Å². The van der Waals surface area contributed by atoms with E-state index < -0.39 is 17.7 Å². The van der Waals surface area contributed by atoms with Crippen LogP contribution in [0, 0.1) is 11.6 Å². The Morgan fingerprint density at radius 3 is 2.68 bits per heavy atom. The third kappa shape index (κ3) is 3.11. The van der Waals surface area contributed by atoms with Crippen LogP contribution in [0.3, 0.4) is 0 Å². The molecule has 0 aliphatic rings. The Bertz CT molecular complexity index is 530. The average Bonchev–Trinajstić information content (AvgIpc) is 2.93. The lowest BCUT2D eigenvalue weighted by molar-refractivity contribution is 0.165. The third-order valence-corrected chi connectivity index (χ3v) is 3.79. The van der Waals surface area contributed by atoms with E-state index in [1.165, 1.54) is 23.5 Å². The summed E-state index contributed by atoms with van der Waals surface area (Å²) >= 11 is 1.48. The van der Waals surface area contributed by atoms with Gasteiger partial charge in [-0.2, -0.15) is 4.39 Å². The van der Waals surface area contributed by atoms with Crippen molar-refractivity contribution in [3.8, 4) is 5.75 Å². The molecule has 0 saturated carbocycles. The molecule has 0 aliphatic heterocycles. The molecule has 2 N–H and O–H groups in total. The van der Waals surface area contributed by atoms with Gasteiger partial charge in [0, 0.05) is 10.9 Å². The second-order valence-electron chi connectivity index (χ2n) is 4.18. The highest BCUT2D eigenvalue weighted by molar-refractivity contribution is 7.10. The smallest absolute Gasteiger partial charge is 0.200 e. The van der Waals surface area contributed by atoms with E-state index in [0.29, 0.717) is 6.42 Å². The number of halogens is 2. The van der Waals surface area contributed by atoms with E-state index in [4.69, 9.17) is 10.5 Å². The normalized spacial score (nSPS) is 14.1.